The van der Waals surface area contributed by atoms with E-state index in [4.69, 9.17) is 4.74 Å². The maximum Gasteiger partial charge on any atom is 0.155 e. The van der Waals surface area contributed by atoms with Gasteiger partial charge in [0.1, 0.15) is 5.82 Å². The highest BCUT2D eigenvalue weighted by atomic mass is 19.1. The molecule has 0 radical (unpaired) electrons. The molecule has 0 aliphatic carbocycles. The summed E-state index contributed by atoms with van der Waals surface area (Å²) in [5.74, 6) is -0.464. The standard InChI is InChI=1S/C12H14FNO2/c1-16-9-5-6-14(7-9)12-4-2-3-11(13)10(12)8-15/h2-4,8-9H,5-7H2,1H3. The lowest BCUT2D eigenvalue weighted by Crippen LogP contribution is -2.23. The predicted molar refractivity (Wildman–Crippen MR) is 59.4 cm³/mol. The molecule has 0 N–H and O–H groups in total. The zero-order chi connectivity index (χ0) is 11.5. The third-order valence-corrected chi connectivity index (χ3v) is 2.97. The number of hydrogen-bond donors (Lipinski definition) is 0. The number of benzene rings is 1. The van der Waals surface area contributed by atoms with Crippen LogP contribution in [0.5, 0.6) is 0 Å². The van der Waals surface area contributed by atoms with Gasteiger partial charge in [0.15, 0.2) is 6.29 Å². The van der Waals surface area contributed by atoms with E-state index in [1.165, 1.54) is 6.07 Å². The summed E-state index contributed by atoms with van der Waals surface area (Å²) in [6.07, 6.45) is 1.65. The van der Waals surface area contributed by atoms with Crippen LogP contribution in [-0.4, -0.2) is 32.6 Å². The Kier molecular flexibility index (Phi) is 3.19. The Morgan fingerprint density at radius 2 is 2.38 bits per heavy atom. The highest BCUT2D eigenvalue weighted by Crippen LogP contribution is 2.26. The molecule has 1 unspecified atom stereocenters. The smallest absolute Gasteiger partial charge is 0.155 e. The SMILES string of the molecule is COC1CCN(c2cccc(F)c2C=O)C1. The van der Waals surface area contributed by atoms with Gasteiger partial charge >= 0.3 is 0 Å². The van der Waals surface area contributed by atoms with Gasteiger partial charge in [-0.2, -0.15) is 0 Å². The minimum atomic E-state index is -0.464. The minimum Gasteiger partial charge on any atom is -0.380 e. The van der Waals surface area contributed by atoms with Crippen molar-refractivity contribution in [2.24, 2.45) is 0 Å². The topological polar surface area (TPSA) is 29.5 Å². The van der Waals surface area contributed by atoms with Crippen molar-refractivity contribution in [2.75, 3.05) is 25.1 Å². The van der Waals surface area contributed by atoms with Gasteiger partial charge in [-0.3, -0.25) is 4.79 Å². The predicted octanol–water partition coefficient (Wildman–Crippen LogP) is 1.86. The number of carbonyl (C=O) groups excluding carboxylic acids is 1. The second-order valence-electron chi connectivity index (χ2n) is 3.88. The summed E-state index contributed by atoms with van der Waals surface area (Å²) >= 11 is 0. The number of rotatable bonds is 3. The summed E-state index contributed by atoms with van der Waals surface area (Å²) in [6, 6.07) is 4.69. The number of ether oxygens (including phenoxy) is 1. The first-order valence-electron chi connectivity index (χ1n) is 5.27. The van der Waals surface area contributed by atoms with Crippen molar-refractivity contribution in [3.8, 4) is 0 Å². The van der Waals surface area contributed by atoms with Gasteiger partial charge < -0.3 is 9.64 Å². The van der Waals surface area contributed by atoms with E-state index in [0.717, 1.165) is 13.0 Å². The third kappa shape index (κ3) is 1.93. The third-order valence-electron chi connectivity index (χ3n) is 2.97. The van der Waals surface area contributed by atoms with Crippen LogP contribution in [0.3, 0.4) is 0 Å². The molecule has 1 aliphatic heterocycles. The first kappa shape index (κ1) is 11.1. The molecule has 1 fully saturated rings. The quantitative estimate of drug-likeness (QED) is 0.732. The first-order chi connectivity index (χ1) is 7.76. The van der Waals surface area contributed by atoms with Crippen molar-refractivity contribution in [2.45, 2.75) is 12.5 Å². The molecule has 1 heterocycles. The van der Waals surface area contributed by atoms with E-state index in [2.05, 4.69) is 0 Å². The largest absolute Gasteiger partial charge is 0.380 e. The van der Waals surface area contributed by atoms with E-state index < -0.39 is 5.82 Å². The Morgan fingerprint density at radius 3 is 3.00 bits per heavy atom. The van der Waals surface area contributed by atoms with Crippen LogP contribution in [-0.2, 0) is 4.74 Å². The highest BCUT2D eigenvalue weighted by Gasteiger charge is 2.24. The molecule has 3 nitrogen and oxygen atoms in total. The lowest BCUT2D eigenvalue weighted by atomic mass is 10.1. The molecule has 86 valence electrons. The van der Waals surface area contributed by atoms with Gasteiger partial charge in [-0.15, -0.1) is 0 Å². The fourth-order valence-corrected chi connectivity index (χ4v) is 2.06. The van der Waals surface area contributed by atoms with Crippen LogP contribution in [0, 0.1) is 5.82 Å². The number of methoxy groups -OCH3 is 1. The Labute approximate surface area is 93.8 Å². The van der Waals surface area contributed by atoms with Crippen molar-refractivity contribution >= 4 is 12.0 Å². The van der Waals surface area contributed by atoms with Crippen LogP contribution in [0.1, 0.15) is 16.8 Å². The molecule has 0 bridgehead atoms. The highest BCUT2D eigenvalue weighted by molar-refractivity contribution is 5.85. The summed E-state index contributed by atoms with van der Waals surface area (Å²) in [4.78, 5) is 12.8. The molecule has 0 amide bonds. The molecule has 0 spiro atoms. The maximum absolute atomic E-state index is 13.4. The molecule has 1 aliphatic rings. The van der Waals surface area contributed by atoms with E-state index in [1.54, 1.807) is 19.2 Å². The lowest BCUT2D eigenvalue weighted by molar-refractivity contribution is 0.111. The maximum atomic E-state index is 13.4. The van der Waals surface area contributed by atoms with Crippen LogP contribution < -0.4 is 4.90 Å². The second-order valence-corrected chi connectivity index (χ2v) is 3.88. The molecule has 0 saturated carbocycles. The molecule has 2 rings (SSSR count). The Bertz CT molecular complexity index is 395. The number of carbonyl (C=O) groups is 1. The molecule has 16 heavy (non-hydrogen) atoms. The van der Waals surface area contributed by atoms with Crippen molar-refractivity contribution in [3.05, 3.63) is 29.6 Å². The summed E-state index contributed by atoms with van der Waals surface area (Å²) in [7, 11) is 1.67. The minimum absolute atomic E-state index is 0.138. The second kappa shape index (κ2) is 4.61. The van der Waals surface area contributed by atoms with E-state index in [9.17, 15) is 9.18 Å². The van der Waals surface area contributed by atoms with Gasteiger partial charge in [0.25, 0.3) is 0 Å². The Morgan fingerprint density at radius 1 is 1.56 bits per heavy atom. The van der Waals surface area contributed by atoms with E-state index in [-0.39, 0.29) is 11.7 Å². The first-order valence-corrected chi connectivity index (χ1v) is 5.27. The van der Waals surface area contributed by atoms with E-state index in [0.29, 0.717) is 18.5 Å². The molecule has 1 saturated heterocycles. The molecule has 1 atom stereocenters. The molecule has 1 aromatic rings. The monoisotopic (exact) mass is 223 g/mol. The van der Waals surface area contributed by atoms with Gasteiger partial charge in [0.2, 0.25) is 0 Å². The zero-order valence-electron chi connectivity index (χ0n) is 9.15. The van der Waals surface area contributed by atoms with Crippen LogP contribution >= 0.6 is 0 Å². The fourth-order valence-electron chi connectivity index (χ4n) is 2.06. The number of halogens is 1. The lowest BCUT2D eigenvalue weighted by Gasteiger charge is -2.20. The van der Waals surface area contributed by atoms with Crippen molar-refractivity contribution in [1.29, 1.82) is 0 Å². The average Bonchev–Trinajstić information content (AvgIpc) is 2.77. The van der Waals surface area contributed by atoms with Crippen LogP contribution in [0.2, 0.25) is 0 Å². The van der Waals surface area contributed by atoms with Crippen LogP contribution in [0.15, 0.2) is 18.2 Å². The molecular formula is C12H14FNO2. The number of nitrogens with zero attached hydrogens (tertiary/aromatic N) is 1. The summed E-state index contributed by atoms with van der Waals surface area (Å²) in [5.41, 5.74) is 0.800. The normalized spacial score (nSPS) is 20.1. The summed E-state index contributed by atoms with van der Waals surface area (Å²) in [5, 5.41) is 0. The Balaban J connectivity index is 2.27. The van der Waals surface area contributed by atoms with E-state index >= 15 is 0 Å². The zero-order valence-corrected chi connectivity index (χ0v) is 9.15. The van der Waals surface area contributed by atoms with Gasteiger partial charge in [-0.25, -0.2) is 4.39 Å². The molecule has 1 aromatic carbocycles. The summed E-state index contributed by atoms with van der Waals surface area (Å²) in [6.45, 7) is 1.50. The number of anilines is 1. The van der Waals surface area contributed by atoms with Gasteiger partial charge in [0, 0.05) is 20.2 Å². The van der Waals surface area contributed by atoms with Crippen LogP contribution in [0.25, 0.3) is 0 Å². The van der Waals surface area contributed by atoms with Crippen molar-refractivity contribution in [1.82, 2.24) is 0 Å². The van der Waals surface area contributed by atoms with Crippen molar-refractivity contribution < 1.29 is 13.9 Å². The molecule has 4 heteroatoms. The van der Waals surface area contributed by atoms with Crippen molar-refractivity contribution in [3.63, 3.8) is 0 Å². The van der Waals surface area contributed by atoms with E-state index in [1.807, 2.05) is 4.90 Å². The number of hydrogen-bond acceptors (Lipinski definition) is 3. The number of aldehydes is 1. The van der Waals surface area contributed by atoms with Gasteiger partial charge in [-0.05, 0) is 18.6 Å². The van der Waals surface area contributed by atoms with Crippen LogP contribution in [0.4, 0.5) is 10.1 Å². The van der Waals surface area contributed by atoms with Gasteiger partial charge in [-0.1, -0.05) is 6.07 Å². The summed E-state index contributed by atoms with van der Waals surface area (Å²) < 4.78 is 18.6. The Hall–Kier alpha value is -1.42. The van der Waals surface area contributed by atoms with Gasteiger partial charge in [0.05, 0.1) is 17.4 Å². The fraction of sp³-hybridized carbons (Fsp3) is 0.417. The average molecular weight is 223 g/mol. The molecule has 0 aromatic heterocycles. The molecular weight excluding hydrogens is 209 g/mol.